The molecule has 0 saturated heterocycles. The van der Waals surface area contributed by atoms with Crippen LogP contribution in [0.2, 0.25) is 0 Å². The summed E-state index contributed by atoms with van der Waals surface area (Å²) in [7, 11) is 0. The van der Waals surface area contributed by atoms with Gasteiger partial charge in [-0.2, -0.15) is 0 Å². The largest absolute Gasteiger partial charge is 0.142 e. The molecule has 0 nitrogen and oxygen atoms in total. The third-order valence-electron chi connectivity index (χ3n) is 1.87. The zero-order chi connectivity index (χ0) is 9.42. The van der Waals surface area contributed by atoms with Crippen LogP contribution in [-0.4, -0.2) is 0 Å². The van der Waals surface area contributed by atoms with Crippen LogP contribution in [-0.2, 0) is 5.33 Å². The molecule has 0 aliphatic heterocycles. The second-order valence-electron chi connectivity index (χ2n) is 2.62. The van der Waals surface area contributed by atoms with Crippen LogP contribution in [0, 0.1) is 3.57 Å². The molecular formula is C9H5Br2IS. The molecule has 0 bridgehead atoms. The fourth-order valence-electron chi connectivity index (χ4n) is 1.23. The molecule has 68 valence electrons. The monoisotopic (exact) mass is 430 g/mol. The zero-order valence-electron chi connectivity index (χ0n) is 6.48. The van der Waals surface area contributed by atoms with Crippen LogP contribution >= 0.6 is 65.8 Å². The van der Waals surface area contributed by atoms with Crippen LogP contribution in [0.3, 0.4) is 0 Å². The molecule has 2 aromatic rings. The van der Waals surface area contributed by atoms with Crippen molar-refractivity contribution in [2.75, 3.05) is 0 Å². The Morgan fingerprint density at radius 2 is 2.15 bits per heavy atom. The van der Waals surface area contributed by atoms with Crippen LogP contribution in [0.25, 0.3) is 10.1 Å². The van der Waals surface area contributed by atoms with E-state index in [9.17, 15) is 0 Å². The lowest BCUT2D eigenvalue weighted by atomic mass is 10.2. The van der Waals surface area contributed by atoms with Gasteiger partial charge in [-0.15, -0.1) is 11.3 Å². The Kier molecular flexibility index (Phi) is 3.33. The highest BCUT2D eigenvalue weighted by atomic mass is 127. The quantitative estimate of drug-likeness (QED) is 0.432. The first-order valence-electron chi connectivity index (χ1n) is 3.64. The second-order valence-corrected chi connectivity index (χ2v) is 6.08. The Morgan fingerprint density at radius 3 is 2.85 bits per heavy atom. The molecule has 1 aromatic heterocycles. The van der Waals surface area contributed by atoms with Crippen LogP contribution in [0.5, 0.6) is 0 Å². The molecule has 0 aliphatic rings. The van der Waals surface area contributed by atoms with Crippen molar-refractivity contribution in [3.8, 4) is 0 Å². The molecule has 0 unspecified atom stereocenters. The molecule has 0 aliphatic carbocycles. The van der Waals surface area contributed by atoms with E-state index in [0.717, 1.165) is 5.33 Å². The Bertz CT molecular complexity index is 450. The number of rotatable bonds is 1. The van der Waals surface area contributed by atoms with Crippen LogP contribution in [0.15, 0.2) is 22.0 Å². The lowest BCUT2D eigenvalue weighted by Gasteiger charge is -2.01. The molecule has 2 rings (SSSR count). The number of thiophene rings is 1. The number of fused-ring (bicyclic) bond motifs is 1. The van der Waals surface area contributed by atoms with Gasteiger partial charge in [0.25, 0.3) is 0 Å². The number of alkyl halides is 1. The van der Waals surface area contributed by atoms with Gasteiger partial charge in [0.05, 0.1) is 0 Å². The van der Waals surface area contributed by atoms with E-state index in [0.29, 0.717) is 0 Å². The third-order valence-corrected chi connectivity index (χ3v) is 5.46. The molecule has 1 aromatic carbocycles. The molecule has 0 amide bonds. The molecule has 0 saturated carbocycles. The molecule has 0 atom stereocenters. The smallest absolute Gasteiger partial charge is 0.0405 e. The minimum Gasteiger partial charge on any atom is -0.142 e. The van der Waals surface area contributed by atoms with Crippen molar-refractivity contribution in [1.82, 2.24) is 0 Å². The average Bonchev–Trinajstić information content (AvgIpc) is 2.48. The normalized spacial score (nSPS) is 11.0. The van der Waals surface area contributed by atoms with Gasteiger partial charge < -0.3 is 0 Å². The minimum absolute atomic E-state index is 0.926. The van der Waals surface area contributed by atoms with E-state index in [1.165, 1.54) is 23.7 Å². The summed E-state index contributed by atoms with van der Waals surface area (Å²) in [4.78, 5) is 0. The standard InChI is InChI=1S/C9H5Br2IS/c10-3-6-8(12)2-1-5-7(11)4-13-9(5)6/h1-2,4H,3H2. The molecule has 13 heavy (non-hydrogen) atoms. The summed E-state index contributed by atoms with van der Waals surface area (Å²) in [6.07, 6.45) is 0. The third kappa shape index (κ3) is 1.82. The van der Waals surface area contributed by atoms with Gasteiger partial charge in [-0.3, -0.25) is 0 Å². The van der Waals surface area contributed by atoms with Crippen LogP contribution in [0.1, 0.15) is 5.56 Å². The van der Waals surface area contributed by atoms with E-state index in [1.54, 1.807) is 11.3 Å². The highest BCUT2D eigenvalue weighted by Gasteiger charge is 2.08. The Hall–Kier alpha value is 0.870. The number of hydrogen-bond donors (Lipinski definition) is 0. The lowest BCUT2D eigenvalue weighted by molar-refractivity contribution is 1.47. The lowest BCUT2D eigenvalue weighted by Crippen LogP contribution is -1.83. The first kappa shape index (κ1) is 10.4. The zero-order valence-corrected chi connectivity index (χ0v) is 12.6. The molecule has 0 fully saturated rings. The molecular weight excluding hydrogens is 427 g/mol. The van der Waals surface area contributed by atoms with Crippen LogP contribution in [0.4, 0.5) is 0 Å². The predicted molar refractivity (Wildman–Crippen MR) is 74.9 cm³/mol. The van der Waals surface area contributed by atoms with Crippen molar-refractivity contribution in [3.63, 3.8) is 0 Å². The second kappa shape index (κ2) is 4.16. The summed E-state index contributed by atoms with van der Waals surface area (Å²) in [5, 5.41) is 4.39. The molecule has 0 spiro atoms. The predicted octanol–water partition coefficient (Wildman–Crippen LogP) is 5.16. The van der Waals surface area contributed by atoms with E-state index in [1.807, 2.05) is 0 Å². The summed E-state index contributed by atoms with van der Waals surface area (Å²) < 4.78 is 3.91. The molecule has 1 heterocycles. The Labute approximate surface area is 111 Å². The average molecular weight is 432 g/mol. The van der Waals surface area contributed by atoms with Gasteiger partial charge >= 0.3 is 0 Å². The fraction of sp³-hybridized carbons (Fsp3) is 0.111. The van der Waals surface area contributed by atoms with E-state index < -0.39 is 0 Å². The molecule has 0 radical (unpaired) electrons. The van der Waals surface area contributed by atoms with Gasteiger partial charge in [0.1, 0.15) is 0 Å². The number of benzene rings is 1. The van der Waals surface area contributed by atoms with Crippen molar-refractivity contribution in [2.45, 2.75) is 5.33 Å². The van der Waals surface area contributed by atoms with Crippen molar-refractivity contribution in [2.24, 2.45) is 0 Å². The highest BCUT2D eigenvalue weighted by Crippen LogP contribution is 2.35. The Balaban J connectivity index is 2.85. The topological polar surface area (TPSA) is 0 Å². The van der Waals surface area contributed by atoms with Crippen molar-refractivity contribution >= 4 is 75.9 Å². The molecule has 4 heteroatoms. The van der Waals surface area contributed by atoms with Gasteiger partial charge in [0.2, 0.25) is 0 Å². The van der Waals surface area contributed by atoms with Crippen molar-refractivity contribution in [3.05, 3.63) is 31.1 Å². The van der Waals surface area contributed by atoms with E-state index in [-0.39, 0.29) is 0 Å². The maximum absolute atomic E-state index is 3.55. The number of halogens is 3. The maximum Gasteiger partial charge on any atom is 0.0405 e. The maximum atomic E-state index is 3.55. The first-order valence-corrected chi connectivity index (χ1v) is 7.51. The minimum atomic E-state index is 0.926. The summed E-state index contributed by atoms with van der Waals surface area (Å²) in [6, 6.07) is 4.33. The van der Waals surface area contributed by atoms with Gasteiger partial charge in [0, 0.05) is 28.8 Å². The summed E-state index contributed by atoms with van der Waals surface area (Å²) in [5.74, 6) is 0. The summed E-state index contributed by atoms with van der Waals surface area (Å²) in [5.41, 5.74) is 1.40. The first-order chi connectivity index (χ1) is 6.24. The SMILES string of the molecule is BrCc1c(I)ccc2c(Br)csc12. The van der Waals surface area contributed by atoms with E-state index in [2.05, 4.69) is 72.0 Å². The van der Waals surface area contributed by atoms with Gasteiger partial charge in [-0.25, -0.2) is 0 Å². The fourth-order valence-corrected chi connectivity index (χ4v) is 5.06. The van der Waals surface area contributed by atoms with Gasteiger partial charge in [-0.05, 0) is 50.2 Å². The van der Waals surface area contributed by atoms with E-state index in [4.69, 9.17) is 0 Å². The van der Waals surface area contributed by atoms with Gasteiger partial charge in [-0.1, -0.05) is 22.0 Å². The summed E-state index contributed by atoms with van der Waals surface area (Å²) >= 11 is 11.2. The Morgan fingerprint density at radius 1 is 1.38 bits per heavy atom. The van der Waals surface area contributed by atoms with Crippen molar-refractivity contribution in [1.29, 1.82) is 0 Å². The van der Waals surface area contributed by atoms with Gasteiger partial charge in [0.15, 0.2) is 0 Å². The molecule has 0 N–H and O–H groups in total. The number of hydrogen-bond acceptors (Lipinski definition) is 1. The van der Waals surface area contributed by atoms with Crippen LogP contribution < -0.4 is 0 Å². The van der Waals surface area contributed by atoms with E-state index >= 15 is 0 Å². The van der Waals surface area contributed by atoms with Crippen molar-refractivity contribution < 1.29 is 0 Å². The highest BCUT2D eigenvalue weighted by molar-refractivity contribution is 14.1. The summed E-state index contributed by atoms with van der Waals surface area (Å²) in [6.45, 7) is 0.